The molecule has 1 aromatic carbocycles. The molecule has 0 aliphatic carbocycles. The molecule has 3 N–H and O–H groups in total. The van der Waals surface area contributed by atoms with Crippen LogP contribution in [0.2, 0.25) is 0 Å². The van der Waals surface area contributed by atoms with Crippen molar-refractivity contribution in [1.29, 1.82) is 0 Å². The summed E-state index contributed by atoms with van der Waals surface area (Å²) in [4.78, 5) is 1.33. The van der Waals surface area contributed by atoms with E-state index in [0.29, 0.717) is 0 Å². The lowest BCUT2D eigenvalue weighted by Crippen LogP contribution is -2.29. The highest BCUT2D eigenvalue weighted by Crippen LogP contribution is 2.26. The summed E-state index contributed by atoms with van der Waals surface area (Å²) in [5, 5.41) is 0. The Kier molecular flexibility index (Phi) is 7.40. The topological polar surface area (TPSA) is 38.0 Å². The molecule has 0 radical (unpaired) electrons. The molecular weight excluding hydrogens is 240 g/mol. The fraction of sp³-hybridized carbons (Fsp3) is 0.600. The summed E-state index contributed by atoms with van der Waals surface area (Å²) >= 11 is 1.87. The lowest BCUT2D eigenvalue weighted by Gasteiger charge is -2.21. The van der Waals surface area contributed by atoms with Gasteiger partial charge in [-0.1, -0.05) is 45.7 Å². The van der Waals surface area contributed by atoms with Gasteiger partial charge in [0.2, 0.25) is 0 Å². The summed E-state index contributed by atoms with van der Waals surface area (Å²) in [6, 6.07) is 9.06. The van der Waals surface area contributed by atoms with E-state index in [0.717, 1.165) is 18.1 Å². The van der Waals surface area contributed by atoms with Gasteiger partial charge in [-0.05, 0) is 35.8 Å². The molecule has 0 amide bonds. The summed E-state index contributed by atoms with van der Waals surface area (Å²) < 4.78 is 0. The normalized spacial score (nSPS) is 12.9. The van der Waals surface area contributed by atoms with Crippen molar-refractivity contribution in [2.45, 2.75) is 51.0 Å². The van der Waals surface area contributed by atoms with E-state index in [2.05, 4.69) is 50.5 Å². The number of nitrogens with two attached hydrogens (primary N) is 1. The zero-order chi connectivity index (χ0) is 13.4. The molecule has 0 heterocycles. The minimum atomic E-state index is 0.274. The Hall–Kier alpha value is -0.510. The average molecular weight is 266 g/mol. The Morgan fingerprint density at radius 1 is 1.11 bits per heavy atom. The summed E-state index contributed by atoms with van der Waals surface area (Å²) in [6.07, 6.45) is 3.56. The Balaban J connectivity index is 2.69. The number of benzene rings is 1. The van der Waals surface area contributed by atoms with Gasteiger partial charge < -0.3 is 0 Å². The Labute approximate surface area is 116 Å². The van der Waals surface area contributed by atoms with E-state index in [1.54, 1.807) is 0 Å². The van der Waals surface area contributed by atoms with E-state index in [4.69, 9.17) is 5.84 Å². The van der Waals surface area contributed by atoms with Gasteiger partial charge in [0.1, 0.15) is 0 Å². The van der Waals surface area contributed by atoms with E-state index in [-0.39, 0.29) is 6.04 Å². The molecule has 1 unspecified atom stereocenters. The van der Waals surface area contributed by atoms with Crippen molar-refractivity contribution >= 4 is 11.8 Å². The first-order valence-corrected chi connectivity index (χ1v) is 7.92. The molecule has 18 heavy (non-hydrogen) atoms. The Bertz CT molecular complexity index is 320. The number of hydrazine groups is 1. The summed E-state index contributed by atoms with van der Waals surface area (Å²) in [6.45, 7) is 6.68. The first-order valence-electron chi connectivity index (χ1n) is 6.93. The van der Waals surface area contributed by atoms with Crippen LogP contribution in [0.3, 0.4) is 0 Å². The first-order chi connectivity index (χ1) is 8.74. The van der Waals surface area contributed by atoms with Gasteiger partial charge in [-0.2, -0.15) is 0 Å². The predicted molar refractivity (Wildman–Crippen MR) is 81.6 cm³/mol. The van der Waals surface area contributed by atoms with Crippen LogP contribution in [0.25, 0.3) is 0 Å². The van der Waals surface area contributed by atoms with Gasteiger partial charge in [0, 0.05) is 10.9 Å². The number of hydrogen-bond acceptors (Lipinski definition) is 3. The smallest absolute Gasteiger partial charge is 0.0462 e. The maximum atomic E-state index is 5.70. The molecule has 3 heteroatoms. The third-order valence-electron chi connectivity index (χ3n) is 3.52. The number of rotatable bonds is 8. The average Bonchev–Trinajstić information content (AvgIpc) is 2.42. The molecule has 1 rings (SSSR count). The van der Waals surface area contributed by atoms with Crippen LogP contribution in [-0.2, 0) is 0 Å². The highest BCUT2D eigenvalue weighted by molar-refractivity contribution is 7.99. The summed E-state index contributed by atoms with van der Waals surface area (Å²) in [5.74, 6) is 7.57. The second-order valence-corrected chi connectivity index (χ2v) is 5.98. The molecule has 102 valence electrons. The van der Waals surface area contributed by atoms with Gasteiger partial charge in [-0.3, -0.25) is 11.3 Å². The van der Waals surface area contributed by atoms with Crippen LogP contribution >= 0.6 is 11.8 Å². The molecule has 2 nitrogen and oxygen atoms in total. The van der Waals surface area contributed by atoms with Crippen LogP contribution < -0.4 is 11.3 Å². The third-order valence-corrected chi connectivity index (χ3v) is 4.41. The van der Waals surface area contributed by atoms with E-state index in [1.165, 1.54) is 23.3 Å². The van der Waals surface area contributed by atoms with E-state index < -0.39 is 0 Å². The number of thioether (sulfide) groups is 1. The zero-order valence-electron chi connectivity index (χ0n) is 11.8. The molecule has 1 aromatic rings. The minimum Gasteiger partial charge on any atom is -0.271 e. The molecule has 1 atom stereocenters. The van der Waals surface area contributed by atoms with Crippen LogP contribution in [-0.4, -0.2) is 5.75 Å². The van der Waals surface area contributed by atoms with Crippen molar-refractivity contribution in [2.75, 3.05) is 5.75 Å². The van der Waals surface area contributed by atoms with Crippen LogP contribution in [0, 0.1) is 5.92 Å². The van der Waals surface area contributed by atoms with Crippen molar-refractivity contribution < 1.29 is 0 Å². The van der Waals surface area contributed by atoms with Crippen molar-refractivity contribution in [3.8, 4) is 0 Å². The first kappa shape index (κ1) is 15.5. The zero-order valence-corrected chi connectivity index (χ0v) is 12.6. The predicted octanol–water partition coefficient (Wildman–Crippen LogP) is 4.13. The minimum absolute atomic E-state index is 0.274. The van der Waals surface area contributed by atoms with E-state index >= 15 is 0 Å². The third kappa shape index (κ3) is 4.63. The SMILES string of the molecule is CCSc1ccc(C(CC(CC)CC)NN)cc1. The lowest BCUT2D eigenvalue weighted by atomic mass is 9.91. The van der Waals surface area contributed by atoms with Crippen molar-refractivity contribution in [2.24, 2.45) is 11.8 Å². The van der Waals surface area contributed by atoms with Crippen LogP contribution in [0.1, 0.15) is 51.6 Å². The quantitative estimate of drug-likeness (QED) is 0.422. The van der Waals surface area contributed by atoms with Gasteiger partial charge in [-0.25, -0.2) is 0 Å². The summed E-state index contributed by atoms with van der Waals surface area (Å²) in [5.41, 5.74) is 4.26. The van der Waals surface area contributed by atoms with Crippen molar-refractivity contribution in [3.63, 3.8) is 0 Å². The van der Waals surface area contributed by atoms with Crippen molar-refractivity contribution in [3.05, 3.63) is 29.8 Å². The van der Waals surface area contributed by atoms with Gasteiger partial charge in [0.25, 0.3) is 0 Å². The Morgan fingerprint density at radius 3 is 2.17 bits per heavy atom. The second-order valence-electron chi connectivity index (χ2n) is 4.64. The molecule has 0 saturated carbocycles. The van der Waals surface area contributed by atoms with Gasteiger partial charge in [0.05, 0.1) is 0 Å². The van der Waals surface area contributed by atoms with E-state index in [9.17, 15) is 0 Å². The molecule has 0 aliphatic rings. The molecule has 0 fully saturated rings. The van der Waals surface area contributed by atoms with Gasteiger partial charge in [-0.15, -0.1) is 11.8 Å². The second kappa shape index (κ2) is 8.57. The van der Waals surface area contributed by atoms with Crippen molar-refractivity contribution in [1.82, 2.24) is 5.43 Å². The standard InChI is InChI=1S/C15H26N2S/c1-4-12(5-2)11-15(17-16)13-7-9-14(10-8-13)18-6-3/h7-10,12,15,17H,4-6,11,16H2,1-3H3. The highest BCUT2D eigenvalue weighted by Gasteiger charge is 2.14. The van der Waals surface area contributed by atoms with Gasteiger partial charge >= 0.3 is 0 Å². The fourth-order valence-electron chi connectivity index (χ4n) is 2.22. The number of hydrogen-bond donors (Lipinski definition) is 2. The van der Waals surface area contributed by atoms with Crippen LogP contribution in [0.15, 0.2) is 29.2 Å². The highest BCUT2D eigenvalue weighted by atomic mass is 32.2. The summed E-state index contributed by atoms with van der Waals surface area (Å²) in [7, 11) is 0. The monoisotopic (exact) mass is 266 g/mol. The lowest BCUT2D eigenvalue weighted by molar-refractivity contribution is 0.375. The fourth-order valence-corrected chi connectivity index (χ4v) is 2.88. The molecule has 0 spiro atoms. The number of nitrogens with one attached hydrogen (secondary N) is 1. The Morgan fingerprint density at radius 2 is 1.72 bits per heavy atom. The maximum Gasteiger partial charge on any atom is 0.0462 e. The molecule has 0 bridgehead atoms. The molecule has 0 saturated heterocycles. The molecule has 0 aliphatic heterocycles. The molecule has 0 aromatic heterocycles. The van der Waals surface area contributed by atoms with Crippen LogP contribution in [0.4, 0.5) is 0 Å². The van der Waals surface area contributed by atoms with E-state index in [1.807, 2.05) is 11.8 Å². The molecular formula is C15H26N2S. The van der Waals surface area contributed by atoms with Crippen LogP contribution in [0.5, 0.6) is 0 Å². The largest absolute Gasteiger partial charge is 0.271 e. The van der Waals surface area contributed by atoms with Gasteiger partial charge in [0.15, 0.2) is 0 Å². The maximum absolute atomic E-state index is 5.70.